The Morgan fingerprint density at radius 1 is 0.456 bits per heavy atom. The van der Waals surface area contributed by atoms with Crippen molar-refractivity contribution in [1.82, 2.24) is 5.32 Å². The lowest BCUT2D eigenvalue weighted by atomic mass is 10.0. The zero-order chi connectivity index (χ0) is 57.7. The molecule has 0 spiro atoms. The standard InChI is InChI=1S/C70H131N2O6P/c1-6-8-10-12-14-16-18-20-22-24-25-26-27-28-29-30-31-32-33-34-35-36-37-38-39-40-41-42-43-44-45-46-47-48-50-52-54-56-58-60-62-64-70(74)71-68(67-78-79(75,76)77-66-65-72(3,4)5)69(73)63-61-59-57-55-53-51-49-23-21-19-17-15-13-11-9-7-2/h8,10,14,16,20,22,25-26,53,55,61,63,68-69,73H,6-7,9,11-13,15,17-19,21,23-24,27-52,54,56-60,62,64-67H2,1-5H3,(H-,71,74,75,76)/b10-8-,16-14-,22-20-,26-25-,55-53+,63-61+. The molecule has 0 aromatic heterocycles. The number of rotatable bonds is 62. The quantitative estimate of drug-likeness (QED) is 0.0272. The lowest BCUT2D eigenvalue weighted by Gasteiger charge is -2.29. The first kappa shape index (κ1) is 76.9. The van der Waals surface area contributed by atoms with Crippen LogP contribution in [0.25, 0.3) is 0 Å². The number of phosphoric ester groups is 1. The minimum Gasteiger partial charge on any atom is -0.756 e. The third-order valence-electron chi connectivity index (χ3n) is 15.2. The SMILES string of the molecule is CC/C=C\C/C=C\C/C=C\C/C=C\CCCCCCCCCCCCCCCCCCCCCCCCCCCCCCC(=O)NC(COP(=O)([O-])OCC[N+](C)(C)C)C(O)/C=C/CC/C=C/CCCCCCCCCCCC. The maximum atomic E-state index is 13.0. The van der Waals surface area contributed by atoms with E-state index in [1.54, 1.807) is 6.08 Å². The molecule has 8 nitrogen and oxygen atoms in total. The van der Waals surface area contributed by atoms with Crippen LogP contribution in [-0.4, -0.2) is 68.5 Å². The number of hydrogen-bond acceptors (Lipinski definition) is 6. The van der Waals surface area contributed by atoms with Crippen LogP contribution in [0.4, 0.5) is 0 Å². The second-order valence-electron chi connectivity index (χ2n) is 24.1. The number of allylic oxidation sites excluding steroid dienone is 11. The summed E-state index contributed by atoms with van der Waals surface area (Å²) in [6, 6.07) is -0.903. The highest BCUT2D eigenvalue weighted by Crippen LogP contribution is 2.38. The number of unbranched alkanes of at least 4 members (excludes halogenated alkanes) is 39. The van der Waals surface area contributed by atoms with Gasteiger partial charge in [0.1, 0.15) is 13.2 Å². The Bertz CT molecular complexity index is 1520. The molecule has 0 saturated heterocycles. The van der Waals surface area contributed by atoms with Crippen molar-refractivity contribution in [1.29, 1.82) is 0 Å². The minimum absolute atomic E-state index is 0.00580. The van der Waals surface area contributed by atoms with E-state index in [9.17, 15) is 19.4 Å². The van der Waals surface area contributed by atoms with Crippen LogP contribution in [0.1, 0.15) is 316 Å². The number of nitrogens with one attached hydrogen (secondary N) is 1. The Balaban J connectivity index is 3.90. The molecule has 0 rings (SSSR count). The molecular formula is C70H131N2O6P. The number of carbonyl (C=O) groups excluding carboxylic acids is 1. The summed E-state index contributed by atoms with van der Waals surface area (Å²) < 4.78 is 23.4. The molecular weight excluding hydrogens is 996 g/mol. The van der Waals surface area contributed by atoms with E-state index in [1.165, 1.54) is 231 Å². The zero-order valence-electron chi connectivity index (χ0n) is 52.8. The zero-order valence-corrected chi connectivity index (χ0v) is 53.7. The average molecular weight is 1130 g/mol. The Morgan fingerprint density at radius 3 is 1.18 bits per heavy atom. The van der Waals surface area contributed by atoms with E-state index in [-0.39, 0.29) is 12.5 Å². The van der Waals surface area contributed by atoms with Crippen molar-refractivity contribution in [2.75, 3.05) is 40.9 Å². The van der Waals surface area contributed by atoms with Crippen LogP contribution >= 0.6 is 7.82 Å². The van der Waals surface area contributed by atoms with Crippen LogP contribution in [0.3, 0.4) is 0 Å². The number of aliphatic hydroxyl groups is 1. The summed E-state index contributed by atoms with van der Waals surface area (Å²) in [7, 11) is 1.25. The predicted molar refractivity (Wildman–Crippen MR) is 344 cm³/mol. The maximum Gasteiger partial charge on any atom is 0.268 e. The fourth-order valence-corrected chi connectivity index (χ4v) is 10.7. The highest BCUT2D eigenvalue weighted by Gasteiger charge is 2.23. The summed E-state index contributed by atoms with van der Waals surface area (Å²) in [5.41, 5.74) is 0. The van der Waals surface area contributed by atoms with Crippen molar-refractivity contribution >= 4 is 13.7 Å². The summed E-state index contributed by atoms with van der Waals surface area (Å²) in [6.07, 6.45) is 84.7. The molecule has 0 aliphatic heterocycles. The number of hydrogen-bond donors (Lipinski definition) is 2. The van der Waals surface area contributed by atoms with Gasteiger partial charge in [0.25, 0.3) is 7.82 Å². The number of carbonyl (C=O) groups is 1. The van der Waals surface area contributed by atoms with E-state index in [0.717, 1.165) is 64.2 Å². The van der Waals surface area contributed by atoms with Crippen LogP contribution in [0.5, 0.6) is 0 Å². The lowest BCUT2D eigenvalue weighted by Crippen LogP contribution is -2.45. The minimum atomic E-state index is -4.61. The lowest BCUT2D eigenvalue weighted by molar-refractivity contribution is -0.870. The van der Waals surface area contributed by atoms with Gasteiger partial charge < -0.3 is 28.8 Å². The molecule has 0 aromatic rings. The Morgan fingerprint density at radius 2 is 0.785 bits per heavy atom. The largest absolute Gasteiger partial charge is 0.756 e. The molecule has 79 heavy (non-hydrogen) atoms. The van der Waals surface area contributed by atoms with Crippen LogP contribution in [0, 0.1) is 0 Å². The van der Waals surface area contributed by atoms with E-state index in [4.69, 9.17) is 9.05 Å². The Labute approximate surface area is 491 Å². The van der Waals surface area contributed by atoms with Crippen LogP contribution in [-0.2, 0) is 18.4 Å². The van der Waals surface area contributed by atoms with Gasteiger partial charge in [0.05, 0.1) is 39.9 Å². The number of aliphatic hydroxyl groups excluding tert-OH is 1. The van der Waals surface area contributed by atoms with Gasteiger partial charge in [0, 0.05) is 6.42 Å². The molecule has 1 amide bonds. The fraction of sp³-hybridized carbons (Fsp3) is 0.814. The van der Waals surface area contributed by atoms with Gasteiger partial charge in [-0.2, -0.15) is 0 Å². The molecule has 0 aromatic carbocycles. The van der Waals surface area contributed by atoms with Gasteiger partial charge in [0.2, 0.25) is 5.91 Å². The van der Waals surface area contributed by atoms with Crippen LogP contribution < -0.4 is 10.2 Å². The molecule has 0 bridgehead atoms. The first-order valence-electron chi connectivity index (χ1n) is 33.8. The highest BCUT2D eigenvalue weighted by atomic mass is 31.2. The summed E-state index contributed by atoms with van der Waals surface area (Å²) >= 11 is 0. The van der Waals surface area contributed by atoms with Crippen molar-refractivity contribution < 1.29 is 32.9 Å². The van der Waals surface area contributed by atoms with Crippen molar-refractivity contribution in [3.8, 4) is 0 Å². The predicted octanol–water partition coefficient (Wildman–Crippen LogP) is 20.8. The van der Waals surface area contributed by atoms with Gasteiger partial charge in [-0.05, 0) is 70.6 Å². The average Bonchev–Trinajstić information content (AvgIpc) is 3.42. The summed E-state index contributed by atoms with van der Waals surface area (Å²) in [6.45, 7) is 4.54. The van der Waals surface area contributed by atoms with Gasteiger partial charge in [-0.15, -0.1) is 0 Å². The summed E-state index contributed by atoms with van der Waals surface area (Å²) in [5, 5.41) is 13.9. The summed E-state index contributed by atoms with van der Waals surface area (Å²) in [5.74, 6) is -0.203. The molecule has 0 radical (unpaired) electrons. The van der Waals surface area contributed by atoms with Gasteiger partial charge in [-0.1, -0.05) is 311 Å². The molecule has 2 N–H and O–H groups in total. The Hall–Kier alpha value is -2.06. The molecule has 0 heterocycles. The monoisotopic (exact) mass is 1130 g/mol. The van der Waals surface area contributed by atoms with Crippen molar-refractivity contribution in [3.63, 3.8) is 0 Å². The van der Waals surface area contributed by atoms with Gasteiger partial charge >= 0.3 is 0 Å². The number of quaternary nitrogens is 1. The first-order valence-corrected chi connectivity index (χ1v) is 35.3. The third kappa shape index (κ3) is 63.4. The number of nitrogens with zero attached hydrogens (tertiary/aromatic N) is 1. The molecule has 0 aliphatic carbocycles. The van der Waals surface area contributed by atoms with E-state index in [0.29, 0.717) is 17.4 Å². The van der Waals surface area contributed by atoms with E-state index in [2.05, 4.69) is 79.9 Å². The highest BCUT2D eigenvalue weighted by molar-refractivity contribution is 7.45. The smallest absolute Gasteiger partial charge is 0.268 e. The topological polar surface area (TPSA) is 108 Å². The molecule has 0 fully saturated rings. The van der Waals surface area contributed by atoms with E-state index < -0.39 is 26.6 Å². The second-order valence-corrected chi connectivity index (χ2v) is 25.6. The first-order chi connectivity index (χ1) is 38.5. The number of amides is 1. The van der Waals surface area contributed by atoms with Gasteiger partial charge in [-0.3, -0.25) is 9.36 Å². The van der Waals surface area contributed by atoms with Crippen LogP contribution in [0.15, 0.2) is 72.9 Å². The van der Waals surface area contributed by atoms with Crippen molar-refractivity contribution in [2.45, 2.75) is 328 Å². The Kier molecular flexibility index (Phi) is 59.0. The molecule has 9 heteroatoms. The van der Waals surface area contributed by atoms with Crippen LogP contribution in [0.2, 0.25) is 0 Å². The molecule has 3 unspecified atom stereocenters. The van der Waals surface area contributed by atoms with Crippen molar-refractivity contribution in [3.05, 3.63) is 72.9 Å². The number of phosphoric acid groups is 1. The molecule has 0 aliphatic rings. The molecule has 462 valence electrons. The normalized spacial score (nSPS) is 14.2. The number of likely N-dealkylation sites (N-methyl/N-ethyl adjacent to an activating group) is 1. The van der Waals surface area contributed by atoms with Crippen molar-refractivity contribution in [2.24, 2.45) is 0 Å². The summed E-state index contributed by atoms with van der Waals surface area (Å²) in [4.78, 5) is 25.5. The van der Waals surface area contributed by atoms with E-state index >= 15 is 0 Å². The fourth-order valence-electron chi connectivity index (χ4n) is 9.93. The van der Waals surface area contributed by atoms with E-state index in [1.807, 2.05) is 27.2 Å². The third-order valence-corrected chi connectivity index (χ3v) is 16.1. The second kappa shape index (κ2) is 60.5. The van der Waals surface area contributed by atoms with Gasteiger partial charge in [-0.25, -0.2) is 0 Å². The molecule has 3 atom stereocenters. The van der Waals surface area contributed by atoms with Gasteiger partial charge in [0.15, 0.2) is 0 Å². The molecule has 0 saturated carbocycles. The maximum absolute atomic E-state index is 13.0.